The lowest BCUT2D eigenvalue weighted by Crippen LogP contribution is -2.19. The first-order chi connectivity index (χ1) is 8.86. The van der Waals surface area contributed by atoms with E-state index in [-0.39, 0.29) is 6.61 Å². The summed E-state index contributed by atoms with van der Waals surface area (Å²) in [4.78, 5) is 6.38. The molecular formula is C14H16N2O2. The van der Waals surface area contributed by atoms with Gasteiger partial charge in [-0.15, -0.1) is 0 Å². The van der Waals surface area contributed by atoms with Crippen molar-refractivity contribution in [3.05, 3.63) is 47.9 Å². The van der Waals surface area contributed by atoms with Crippen molar-refractivity contribution in [1.29, 1.82) is 0 Å². The Bertz CT molecular complexity index is 510. The lowest BCUT2D eigenvalue weighted by atomic mass is 9.99. The van der Waals surface area contributed by atoms with Crippen LogP contribution in [0.1, 0.15) is 23.6 Å². The molecule has 18 heavy (non-hydrogen) atoms. The van der Waals surface area contributed by atoms with Gasteiger partial charge >= 0.3 is 0 Å². The quantitative estimate of drug-likeness (QED) is 0.899. The van der Waals surface area contributed by atoms with E-state index < -0.39 is 0 Å². The lowest BCUT2D eigenvalue weighted by Gasteiger charge is -2.13. The maximum Gasteiger partial charge on any atom is 0.297 e. The van der Waals surface area contributed by atoms with Crippen LogP contribution in [-0.2, 0) is 6.61 Å². The standard InChI is InChI=1S/C14H16N2O2/c17-9-13-10-18-14(15-13)16-7-6-12(8-16)11-4-2-1-3-5-11/h1-5,10,12,17H,6-9H2. The number of rotatable bonds is 3. The molecule has 0 aliphatic carbocycles. The van der Waals surface area contributed by atoms with Gasteiger partial charge in [0.05, 0.1) is 6.61 Å². The van der Waals surface area contributed by atoms with Crippen LogP contribution in [0.3, 0.4) is 0 Å². The van der Waals surface area contributed by atoms with Crippen molar-refractivity contribution in [3.8, 4) is 0 Å². The largest absolute Gasteiger partial charge is 0.432 e. The fraction of sp³-hybridized carbons (Fsp3) is 0.357. The molecule has 0 bridgehead atoms. The van der Waals surface area contributed by atoms with E-state index in [1.807, 2.05) is 6.07 Å². The fourth-order valence-corrected chi connectivity index (χ4v) is 2.45. The summed E-state index contributed by atoms with van der Waals surface area (Å²) >= 11 is 0. The molecule has 1 unspecified atom stereocenters. The normalized spacial score (nSPS) is 19.4. The predicted octanol–water partition coefficient (Wildman–Crippen LogP) is 2.16. The summed E-state index contributed by atoms with van der Waals surface area (Å²) in [5, 5.41) is 8.98. The van der Waals surface area contributed by atoms with Gasteiger partial charge in [-0.25, -0.2) is 0 Å². The first-order valence-electron chi connectivity index (χ1n) is 6.22. The van der Waals surface area contributed by atoms with E-state index in [0.29, 0.717) is 17.6 Å². The average molecular weight is 244 g/mol. The molecule has 0 amide bonds. The number of anilines is 1. The smallest absolute Gasteiger partial charge is 0.297 e. The number of oxazole rings is 1. The van der Waals surface area contributed by atoms with E-state index in [2.05, 4.69) is 34.1 Å². The Morgan fingerprint density at radius 1 is 1.33 bits per heavy atom. The summed E-state index contributed by atoms with van der Waals surface area (Å²) in [6.45, 7) is 1.81. The van der Waals surface area contributed by atoms with E-state index >= 15 is 0 Å². The summed E-state index contributed by atoms with van der Waals surface area (Å²) in [7, 11) is 0. The van der Waals surface area contributed by atoms with E-state index in [9.17, 15) is 0 Å². The van der Waals surface area contributed by atoms with Gasteiger partial charge in [-0.3, -0.25) is 0 Å². The van der Waals surface area contributed by atoms with Crippen molar-refractivity contribution in [2.75, 3.05) is 18.0 Å². The number of benzene rings is 1. The van der Waals surface area contributed by atoms with Gasteiger partial charge in [0.25, 0.3) is 6.01 Å². The molecule has 1 aliphatic rings. The first-order valence-corrected chi connectivity index (χ1v) is 6.22. The van der Waals surface area contributed by atoms with Crippen LogP contribution in [0, 0.1) is 0 Å². The van der Waals surface area contributed by atoms with Gasteiger partial charge in [0, 0.05) is 19.0 Å². The van der Waals surface area contributed by atoms with Crippen molar-refractivity contribution >= 4 is 6.01 Å². The van der Waals surface area contributed by atoms with Gasteiger partial charge in [0.2, 0.25) is 0 Å². The van der Waals surface area contributed by atoms with Crippen molar-refractivity contribution < 1.29 is 9.52 Å². The Balaban J connectivity index is 1.72. The molecule has 0 spiro atoms. The molecule has 1 aliphatic heterocycles. The Labute approximate surface area is 106 Å². The highest BCUT2D eigenvalue weighted by molar-refractivity contribution is 5.33. The molecule has 1 N–H and O–H groups in total. The number of nitrogens with zero attached hydrogens (tertiary/aromatic N) is 2. The average Bonchev–Trinajstić information content (AvgIpc) is 3.08. The van der Waals surface area contributed by atoms with Crippen molar-refractivity contribution in [2.45, 2.75) is 18.9 Å². The molecule has 94 valence electrons. The molecule has 1 saturated heterocycles. The van der Waals surface area contributed by atoms with Crippen LogP contribution in [0.5, 0.6) is 0 Å². The zero-order valence-electron chi connectivity index (χ0n) is 10.1. The zero-order valence-corrected chi connectivity index (χ0v) is 10.1. The van der Waals surface area contributed by atoms with Crippen molar-refractivity contribution in [2.24, 2.45) is 0 Å². The maximum atomic E-state index is 8.98. The molecule has 1 aromatic heterocycles. The fourth-order valence-electron chi connectivity index (χ4n) is 2.45. The van der Waals surface area contributed by atoms with Crippen molar-refractivity contribution in [1.82, 2.24) is 4.98 Å². The molecular weight excluding hydrogens is 228 g/mol. The molecule has 2 aromatic rings. The van der Waals surface area contributed by atoms with Crippen LogP contribution in [0.2, 0.25) is 0 Å². The van der Waals surface area contributed by atoms with Crippen LogP contribution < -0.4 is 4.90 Å². The van der Waals surface area contributed by atoms with Gasteiger partial charge < -0.3 is 14.4 Å². The van der Waals surface area contributed by atoms with Crippen LogP contribution in [0.4, 0.5) is 6.01 Å². The summed E-state index contributed by atoms with van der Waals surface area (Å²) in [5.74, 6) is 0.538. The highest BCUT2D eigenvalue weighted by atomic mass is 16.4. The van der Waals surface area contributed by atoms with Crippen molar-refractivity contribution in [3.63, 3.8) is 0 Å². The molecule has 1 fully saturated rings. The van der Waals surface area contributed by atoms with Gasteiger partial charge in [-0.05, 0) is 12.0 Å². The molecule has 1 atom stereocenters. The Kier molecular flexibility index (Phi) is 3.02. The molecule has 1 aromatic carbocycles. The molecule has 0 saturated carbocycles. The minimum absolute atomic E-state index is 0.0700. The highest BCUT2D eigenvalue weighted by Crippen LogP contribution is 2.30. The summed E-state index contributed by atoms with van der Waals surface area (Å²) in [6.07, 6.45) is 2.63. The molecule has 2 heterocycles. The lowest BCUT2D eigenvalue weighted by molar-refractivity contribution is 0.276. The second-order valence-electron chi connectivity index (χ2n) is 4.62. The number of aliphatic hydroxyl groups is 1. The number of hydrogen-bond acceptors (Lipinski definition) is 4. The Morgan fingerprint density at radius 2 is 2.17 bits per heavy atom. The first kappa shape index (κ1) is 11.3. The summed E-state index contributed by atoms with van der Waals surface area (Å²) in [5.41, 5.74) is 1.96. The topological polar surface area (TPSA) is 49.5 Å². The third-order valence-electron chi connectivity index (χ3n) is 3.43. The van der Waals surface area contributed by atoms with E-state index in [1.54, 1.807) is 0 Å². The zero-order chi connectivity index (χ0) is 12.4. The van der Waals surface area contributed by atoms with Crippen LogP contribution in [-0.4, -0.2) is 23.2 Å². The monoisotopic (exact) mass is 244 g/mol. The van der Waals surface area contributed by atoms with Gasteiger partial charge in [-0.2, -0.15) is 4.98 Å². The van der Waals surface area contributed by atoms with Crippen LogP contribution in [0.15, 0.2) is 41.0 Å². The van der Waals surface area contributed by atoms with E-state index in [0.717, 1.165) is 19.5 Å². The van der Waals surface area contributed by atoms with E-state index in [1.165, 1.54) is 11.8 Å². The minimum atomic E-state index is -0.0700. The maximum absolute atomic E-state index is 8.98. The van der Waals surface area contributed by atoms with Gasteiger partial charge in [0.15, 0.2) is 0 Å². The number of hydrogen-bond donors (Lipinski definition) is 1. The highest BCUT2D eigenvalue weighted by Gasteiger charge is 2.26. The van der Waals surface area contributed by atoms with Crippen LogP contribution in [0.25, 0.3) is 0 Å². The molecule has 3 rings (SSSR count). The second kappa shape index (κ2) is 4.82. The Hall–Kier alpha value is -1.81. The number of aliphatic hydroxyl groups excluding tert-OH is 1. The van der Waals surface area contributed by atoms with Gasteiger partial charge in [-0.1, -0.05) is 30.3 Å². The Morgan fingerprint density at radius 3 is 2.89 bits per heavy atom. The summed E-state index contributed by atoms with van der Waals surface area (Å²) in [6, 6.07) is 11.2. The molecule has 4 heteroatoms. The molecule has 4 nitrogen and oxygen atoms in total. The third kappa shape index (κ3) is 2.11. The second-order valence-corrected chi connectivity index (χ2v) is 4.62. The van der Waals surface area contributed by atoms with Gasteiger partial charge in [0.1, 0.15) is 12.0 Å². The number of aromatic nitrogens is 1. The van der Waals surface area contributed by atoms with E-state index in [4.69, 9.17) is 9.52 Å². The predicted molar refractivity (Wildman–Crippen MR) is 68.4 cm³/mol. The summed E-state index contributed by atoms with van der Waals surface area (Å²) < 4.78 is 5.38. The SMILES string of the molecule is OCc1coc(N2CCC(c3ccccc3)C2)n1. The minimum Gasteiger partial charge on any atom is -0.432 e. The van der Waals surface area contributed by atoms with Crippen LogP contribution >= 0.6 is 0 Å². The third-order valence-corrected chi connectivity index (χ3v) is 3.43. The molecule has 0 radical (unpaired) electrons.